The summed E-state index contributed by atoms with van der Waals surface area (Å²) < 4.78 is 10.3. The molecule has 2 rings (SSSR count). The van der Waals surface area contributed by atoms with Crippen molar-refractivity contribution < 1.29 is 9.26 Å². The smallest absolute Gasteiger partial charge is 0.240 e. The molecule has 0 bridgehead atoms. The van der Waals surface area contributed by atoms with Crippen molar-refractivity contribution in [1.29, 1.82) is 0 Å². The van der Waals surface area contributed by atoms with Crippen LogP contribution in [0.1, 0.15) is 36.5 Å². The van der Waals surface area contributed by atoms with Crippen molar-refractivity contribution in [3.8, 4) is 0 Å². The third-order valence-electron chi connectivity index (χ3n) is 3.19. The molecule has 0 saturated heterocycles. The van der Waals surface area contributed by atoms with E-state index in [-0.39, 0.29) is 0 Å². The summed E-state index contributed by atoms with van der Waals surface area (Å²) in [6.45, 7) is 2.43. The Kier molecular flexibility index (Phi) is 6.91. The van der Waals surface area contributed by atoms with Gasteiger partial charge in [0.2, 0.25) is 5.89 Å². The molecular formula is C16H23N3O2. The minimum absolute atomic E-state index is 0.631. The number of benzene rings is 1. The lowest BCUT2D eigenvalue weighted by Crippen LogP contribution is -2.15. The molecule has 0 fully saturated rings. The first-order valence-corrected chi connectivity index (χ1v) is 7.43. The summed E-state index contributed by atoms with van der Waals surface area (Å²) in [7, 11) is 1.74. The van der Waals surface area contributed by atoms with E-state index in [1.807, 2.05) is 18.2 Å². The lowest BCUT2D eigenvalue weighted by atomic mass is 10.1. The highest BCUT2D eigenvalue weighted by Gasteiger charge is 2.06. The molecule has 1 aromatic carbocycles. The van der Waals surface area contributed by atoms with Crippen molar-refractivity contribution in [3.05, 3.63) is 47.6 Å². The molecular weight excluding hydrogens is 266 g/mol. The van der Waals surface area contributed by atoms with Crippen LogP contribution in [-0.2, 0) is 17.7 Å². The van der Waals surface area contributed by atoms with Crippen molar-refractivity contribution in [3.63, 3.8) is 0 Å². The highest BCUT2D eigenvalue weighted by molar-refractivity contribution is 5.18. The Morgan fingerprint density at radius 3 is 2.81 bits per heavy atom. The predicted octanol–water partition coefficient (Wildman–Crippen LogP) is 2.57. The molecule has 2 aromatic rings. The fourth-order valence-corrected chi connectivity index (χ4v) is 2.08. The van der Waals surface area contributed by atoms with Crippen LogP contribution in [0.5, 0.6) is 0 Å². The lowest BCUT2D eigenvalue weighted by Gasteiger charge is -2.01. The number of unbranched alkanes of at least 4 members (excludes halogenated alkanes) is 2. The zero-order chi connectivity index (χ0) is 14.8. The largest absolute Gasteiger partial charge is 0.385 e. The molecule has 1 N–H and O–H groups in total. The van der Waals surface area contributed by atoms with Crippen LogP contribution in [0.2, 0.25) is 0 Å². The summed E-state index contributed by atoms with van der Waals surface area (Å²) in [6.07, 6.45) is 4.12. The molecule has 0 radical (unpaired) electrons. The van der Waals surface area contributed by atoms with Crippen LogP contribution in [0.25, 0.3) is 0 Å². The van der Waals surface area contributed by atoms with Gasteiger partial charge in [-0.25, -0.2) is 0 Å². The second-order valence-electron chi connectivity index (χ2n) is 5.00. The minimum atomic E-state index is 0.631. The van der Waals surface area contributed by atoms with Gasteiger partial charge in [-0.2, -0.15) is 4.98 Å². The van der Waals surface area contributed by atoms with E-state index in [0.29, 0.717) is 18.9 Å². The highest BCUT2D eigenvalue weighted by Crippen LogP contribution is 2.06. The van der Waals surface area contributed by atoms with Crippen LogP contribution in [0.15, 0.2) is 34.9 Å². The lowest BCUT2D eigenvalue weighted by molar-refractivity contribution is 0.192. The molecule has 0 aliphatic carbocycles. The summed E-state index contributed by atoms with van der Waals surface area (Å²) in [5.41, 5.74) is 1.19. The average molecular weight is 289 g/mol. The quantitative estimate of drug-likeness (QED) is 0.681. The Balaban J connectivity index is 1.64. The maximum atomic E-state index is 5.24. The second kappa shape index (κ2) is 9.26. The molecule has 5 heteroatoms. The zero-order valence-electron chi connectivity index (χ0n) is 12.5. The fourth-order valence-electron chi connectivity index (χ4n) is 2.08. The Morgan fingerprint density at radius 1 is 1.14 bits per heavy atom. The summed E-state index contributed by atoms with van der Waals surface area (Å²) in [4.78, 5) is 4.39. The zero-order valence-corrected chi connectivity index (χ0v) is 12.5. The second-order valence-corrected chi connectivity index (χ2v) is 5.00. The van der Waals surface area contributed by atoms with Crippen LogP contribution >= 0.6 is 0 Å². The number of aromatic nitrogens is 2. The maximum absolute atomic E-state index is 5.24. The Morgan fingerprint density at radius 2 is 2.00 bits per heavy atom. The van der Waals surface area contributed by atoms with Crippen molar-refractivity contribution in [2.45, 2.75) is 32.2 Å². The van der Waals surface area contributed by atoms with Gasteiger partial charge in [-0.3, -0.25) is 0 Å². The van der Waals surface area contributed by atoms with E-state index in [9.17, 15) is 0 Å². The summed E-state index contributed by atoms with van der Waals surface area (Å²) in [5.74, 6) is 1.39. The number of rotatable bonds is 10. The van der Waals surface area contributed by atoms with Gasteiger partial charge in [-0.05, 0) is 31.4 Å². The molecule has 21 heavy (non-hydrogen) atoms. The summed E-state index contributed by atoms with van der Waals surface area (Å²) in [5, 5.41) is 7.33. The van der Waals surface area contributed by atoms with Gasteiger partial charge >= 0.3 is 0 Å². The molecule has 1 heterocycles. The SMILES string of the molecule is COCCCCCNCc1nc(Cc2ccccc2)no1. The average Bonchev–Trinajstić information content (AvgIpc) is 2.95. The molecule has 0 atom stereocenters. The van der Waals surface area contributed by atoms with E-state index in [2.05, 4.69) is 27.6 Å². The molecule has 0 aliphatic rings. The van der Waals surface area contributed by atoms with Crippen LogP contribution in [-0.4, -0.2) is 30.4 Å². The van der Waals surface area contributed by atoms with Gasteiger partial charge in [0.1, 0.15) is 0 Å². The van der Waals surface area contributed by atoms with Crippen LogP contribution < -0.4 is 5.32 Å². The molecule has 1 aromatic heterocycles. The van der Waals surface area contributed by atoms with E-state index in [0.717, 1.165) is 31.8 Å². The number of hydrogen-bond acceptors (Lipinski definition) is 5. The Hall–Kier alpha value is -1.72. The van der Waals surface area contributed by atoms with Crippen LogP contribution in [0.4, 0.5) is 0 Å². The third-order valence-corrected chi connectivity index (χ3v) is 3.19. The van der Waals surface area contributed by atoms with Crippen molar-refractivity contribution in [1.82, 2.24) is 15.5 Å². The number of nitrogens with one attached hydrogen (secondary N) is 1. The van der Waals surface area contributed by atoms with E-state index >= 15 is 0 Å². The van der Waals surface area contributed by atoms with E-state index in [4.69, 9.17) is 9.26 Å². The monoisotopic (exact) mass is 289 g/mol. The number of ether oxygens (including phenoxy) is 1. The van der Waals surface area contributed by atoms with Gasteiger partial charge < -0.3 is 14.6 Å². The molecule has 0 unspecified atom stereocenters. The van der Waals surface area contributed by atoms with E-state index in [1.54, 1.807) is 7.11 Å². The van der Waals surface area contributed by atoms with Crippen molar-refractivity contribution >= 4 is 0 Å². The first-order chi connectivity index (χ1) is 10.4. The molecule has 0 saturated carbocycles. The first kappa shape index (κ1) is 15.7. The Bertz CT molecular complexity index is 499. The Labute approximate surface area is 125 Å². The molecule has 5 nitrogen and oxygen atoms in total. The van der Waals surface area contributed by atoms with E-state index < -0.39 is 0 Å². The van der Waals surface area contributed by atoms with Crippen LogP contribution in [0.3, 0.4) is 0 Å². The topological polar surface area (TPSA) is 60.2 Å². The molecule has 114 valence electrons. The number of hydrogen-bond donors (Lipinski definition) is 1. The van der Waals surface area contributed by atoms with Gasteiger partial charge in [0.05, 0.1) is 6.54 Å². The molecule has 0 aliphatic heterocycles. The van der Waals surface area contributed by atoms with Gasteiger partial charge in [0.15, 0.2) is 5.82 Å². The van der Waals surface area contributed by atoms with Crippen LogP contribution in [0, 0.1) is 0 Å². The van der Waals surface area contributed by atoms with Gasteiger partial charge in [0.25, 0.3) is 0 Å². The standard InChI is InChI=1S/C16H23N3O2/c1-20-11-7-3-6-10-17-13-16-18-15(19-21-16)12-14-8-4-2-5-9-14/h2,4-5,8-9,17H,3,6-7,10-13H2,1H3. The van der Waals surface area contributed by atoms with Gasteiger partial charge in [-0.1, -0.05) is 35.5 Å². The summed E-state index contributed by atoms with van der Waals surface area (Å²) >= 11 is 0. The predicted molar refractivity (Wildman–Crippen MR) is 81.0 cm³/mol. The fraction of sp³-hybridized carbons (Fsp3) is 0.500. The van der Waals surface area contributed by atoms with Crippen molar-refractivity contribution in [2.24, 2.45) is 0 Å². The highest BCUT2D eigenvalue weighted by atomic mass is 16.5. The molecule has 0 spiro atoms. The number of nitrogens with zero attached hydrogens (tertiary/aromatic N) is 2. The minimum Gasteiger partial charge on any atom is -0.385 e. The first-order valence-electron chi connectivity index (χ1n) is 7.43. The van der Waals surface area contributed by atoms with Gasteiger partial charge in [-0.15, -0.1) is 0 Å². The number of methoxy groups -OCH3 is 1. The normalized spacial score (nSPS) is 10.9. The maximum Gasteiger partial charge on any atom is 0.240 e. The van der Waals surface area contributed by atoms with Gasteiger partial charge in [0, 0.05) is 20.1 Å². The molecule has 0 amide bonds. The summed E-state index contributed by atoms with van der Waals surface area (Å²) in [6, 6.07) is 10.2. The van der Waals surface area contributed by atoms with E-state index in [1.165, 1.54) is 12.0 Å². The third kappa shape index (κ3) is 6.06. The van der Waals surface area contributed by atoms with Crippen molar-refractivity contribution in [2.75, 3.05) is 20.3 Å².